The fourth-order valence-corrected chi connectivity index (χ4v) is 2.33. The van der Waals surface area contributed by atoms with Gasteiger partial charge in [0, 0.05) is 24.8 Å². The highest BCUT2D eigenvalue weighted by Gasteiger charge is 2.09. The lowest BCUT2D eigenvalue weighted by atomic mass is 10.3. The van der Waals surface area contributed by atoms with Gasteiger partial charge in [-0.15, -0.1) is 0 Å². The molecule has 1 aromatic carbocycles. The Bertz CT molecular complexity index is 548. The van der Waals surface area contributed by atoms with Crippen LogP contribution in [-0.4, -0.2) is 23.1 Å². The number of benzene rings is 1. The van der Waals surface area contributed by atoms with Gasteiger partial charge in [0.15, 0.2) is 0 Å². The Kier molecular flexibility index (Phi) is 5.55. The molecule has 0 fully saturated rings. The number of aromatic nitrogens is 2. The second-order valence-electron chi connectivity index (χ2n) is 5.14. The molecule has 1 aromatic heterocycles. The number of rotatable bonds is 7. The lowest BCUT2D eigenvalue weighted by Gasteiger charge is -2.23. The Hall–Kier alpha value is -2.10. The highest BCUT2D eigenvalue weighted by atomic mass is 15.2. The van der Waals surface area contributed by atoms with Gasteiger partial charge in [-0.3, -0.25) is 0 Å². The van der Waals surface area contributed by atoms with Crippen LogP contribution in [0.2, 0.25) is 0 Å². The molecule has 112 valence electrons. The molecule has 2 rings (SSSR count). The molecule has 0 saturated heterocycles. The van der Waals surface area contributed by atoms with E-state index in [1.54, 1.807) is 0 Å². The van der Waals surface area contributed by atoms with E-state index < -0.39 is 0 Å². The summed E-state index contributed by atoms with van der Waals surface area (Å²) in [4.78, 5) is 11.4. The first-order valence-electron chi connectivity index (χ1n) is 7.65. The summed E-state index contributed by atoms with van der Waals surface area (Å²) in [6.07, 6.45) is 2.23. The van der Waals surface area contributed by atoms with Gasteiger partial charge >= 0.3 is 0 Å². The quantitative estimate of drug-likeness (QED) is 0.829. The van der Waals surface area contributed by atoms with Gasteiger partial charge in [-0.1, -0.05) is 32.0 Å². The van der Waals surface area contributed by atoms with E-state index >= 15 is 0 Å². The van der Waals surface area contributed by atoms with Crippen molar-refractivity contribution in [2.45, 2.75) is 33.6 Å². The first kappa shape index (κ1) is 15.3. The third-order valence-electron chi connectivity index (χ3n) is 3.18. The van der Waals surface area contributed by atoms with Crippen LogP contribution in [0.1, 0.15) is 32.5 Å². The average molecular weight is 284 g/mol. The van der Waals surface area contributed by atoms with E-state index in [-0.39, 0.29) is 0 Å². The van der Waals surface area contributed by atoms with Crippen molar-refractivity contribution in [2.24, 2.45) is 0 Å². The van der Waals surface area contributed by atoms with Crippen molar-refractivity contribution in [1.29, 1.82) is 0 Å². The highest BCUT2D eigenvalue weighted by molar-refractivity contribution is 5.59. The molecule has 4 nitrogen and oxygen atoms in total. The molecule has 1 heterocycles. The molecule has 0 radical (unpaired) electrons. The number of aryl methyl sites for hydroxylation is 1. The van der Waals surface area contributed by atoms with E-state index in [2.05, 4.69) is 34.0 Å². The predicted molar refractivity (Wildman–Crippen MR) is 89.3 cm³/mol. The smallest absolute Gasteiger partial charge is 0.136 e. The van der Waals surface area contributed by atoms with Gasteiger partial charge in [-0.2, -0.15) is 0 Å². The lowest BCUT2D eigenvalue weighted by Crippen LogP contribution is -2.26. The van der Waals surface area contributed by atoms with Crippen molar-refractivity contribution in [2.75, 3.05) is 23.3 Å². The number of anilines is 3. The number of nitrogens with one attached hydrogen (secondary N) is 1. The highest BCUT2D eigenvalue weighted by Crippen LogP contribution is 2.20. The number of para-hydroxylation sites is 1. The Morgan fingerprint density at radius 1 is 1.00 bits per heavy atom. The largest absolute Gasteiger partial charge is 0.356 e. The van der Waals surface area contributed by atoms with Crippen molar-refractivity contribution < 1.29 is 0 Å². The number of nitrogens with zero attached hydrogens (tertiary/aromatic N) is 3. The summed E-state index contributed by atoms with van der Waals surface area (Å²) in [6, 6.07) is 12.1. The van der Waals surface area contributed by atoms with Gasteiger partial charge < -0.3 is 10.2 Å². The molecule has 0 saturated carbocycles. The van der Waals surface area contributed by atoms with E-state index in [9.17, 15) is 0 Å². The first-order valence-corrected chi connectivity index (χ1v) is 7.65. The summed E-state index contributed by atoms with van der Waals surface area (Å²) in [7, 11) is 0. The van der Waals surface area contributed by atoms with Crippen LogP contribution in [-0.2, 0) is 0 Å². The van der Waals surface area contributed by atoms with Crippen LogP contribution in [0.25, 0.3) is 0 Å². The number of hydrogen-bond donors (Lipinski definition) is 1. The van der Waals surface area contributed by atoms with Crippen molar-refractivity contribution in [3.05, 3.63) is 42.2 Å². The minimum atomic E-state index is 0.795. The average Bonchev–Trinajstić information content (AvgIpc) is 2.47. The zero-order valence-corrected chi connectivity index (χ0v) is 13.1. The molecule has 0 aliphatic carbocycles. The van der Waals surface area contributed by atoms with Crippen LogP contribution in [0.5, 0.6) is 0 Å². The van der Waals surface area contributed by atoms with Gasteiger partial charge in [0.1, 0.15) is 17.5 Å². The van der Waals surface area contributed by atoms with Gasteiger partial charge in [0.2, 0.25) is 0 Å². The summed E-state index contributed by atoms with van der Waals surface area (Å²) < 4.78 is 0. The van der Waals surface area contributed by atoms with Crippen LogP contribution in [0, 0.1) is 6.92 Å². The van der Waals surface area contributed by atoms with E-state index in [1.807, 2.05) is 43.3 Å². The molecule has 1 N–H and O–H groups in total. The standard InChI is InChI=1S/C17H24N4/c1-4-11-21(12-5-2)17-13-16(18-14(3)19-17)20-15-9-7-6-8-10-15/h6-10,13H,4-5,11-12H2,1-3H3,(H,18,19,20). The Morgan fingerprint density at radius 3 is 2.29 bits per heavy atom. The van der Waals surface area contributed by atoms with Gasteiger partial charge in [-0.05, 0) is 31.9 Å². The summed E-state index contributed by atoms with van der Waals surface area (Å²) in [5.41, 5.74) is 1.04. The third kappa shape index (κ3) is 4.45. The molecule has 0 aliphatic rings. The Morgan fingerprint density at radius 2 is 1.67 bits per heavy atom. The maximum Gasteiger partial charge on any atom is 0.136 e. The second-order valence-corrected chi connectivity index (χ2v) is 5.14. The molecular weight excluding hydrogens is 260 g/mol. The van der Waals surface area contributed by atoms with Crippen LogP contribution in [0.3, 0.4) is 0 Å². The lowest BCUT2D eigenvalue weighted by molar-refractivity contribution is 0.730. The van der Waals surface area contributed by atoms with Crippen molar-refractivity contribution in [3.8, 4) is 0 Å². The SMILES string of the molecule is CCCN(CCC)c1cc(Nc2ccccc2)nc(C)n1. The third-order valence-corrected chi connectivity index (χ3v) is 3.18. The van der Waals surface area contributed by atoms with Gasteiger partial charge in [0.25, 0.3) is 0 Å². The van der Waals surface area contributed by atoms with E-state index in [0.717, 1.165) is 49.1 Å². The first-order chi connectivity index (χ1) is 10.2. The minimum Gasteiger partial charge on any atom is -0.356 e. The summed E-state index contributed by atoms with van der Waals surface area (Å²) >= 11 is 0. The van der Waals surface area contributed by atoms with Gasteiger partial charge in [-0.25, -0.2) is 9.97 Å². The van der Waals surface area contributed by atoms with Crippen molar-refractivity contribution in [3.63, 3.8) is 0 Å². The van der Waals surface area contributed by atoms with Crippen molar-refractivity contribution >= 4 is 17.3 Å². The molecule has 0 amide bonds. The normalized spacial score (nSPS) is 10.4. The van der Waals surface area contributed by atoms with Crippen LogP contribution < -0.4 is 10.2 Å². The molecular formula is C17H24N4. The summed E-state index contributed by atoms with van der Waals surface area (Å²) in [6.45, 7) is 8.37. The van der Waals surface area contributed by atoms with Gasteiger partial charge in [0.05, 0.1) is 0 Å². The topological polar surface area (TPSA) is 41.0 Å². The van der Waals surface area contributed by atoms with Crippen molar-refractivity contribution in [1.82, 2.24) is 9.97 Å². The molecule has 0 aliphatic heterocycles. The zero-order chi connectivity index (χ0) is 15.1. The summed E-state index contributed by atoms with van der Waals surface area (Å²) in [5, 5.41) is 3.35. The van der Waals surface area contributed by atoms with E-state index in [4.69, 9.17) is 0 Å². The fourth-order valence-electron chi connectivity index (χ4n) is 2.33. The molecule has 0 unspecified atom stereocenters. The Labute approximate surface area is 127 Å². The minimum absolute atomic E-state index is 0.795. The number of hydrogen-bond acceptors (Lipinski definition) is 4. The van der Waals surface area contributed by atoms with Crippen LogP contribution >= 0.6 is 0 Å². The molecule has 0 spiro atoms. The molecule has 0 atom stereocenters. The monoisotopic (exact) mass is 284 g/mol. The van der Waals surface area contributed by atoms with E-state index in [1.165, 1.54) is 0 Å². The predicted octanol–water partition coefficient (Wildman–Crippen LogP) is 4.16. The van der Waals surface area contributed by atoms with E-state index in [0.29, 0.717) is 0 Å². The maximum absolute atomic E-state index is 4.59. The van der Waals surface area contributed by atoms with Crippen LogP contribution in [0.15, 0.2) is 36.4 Å². The maximum atomic E-state index is 4.59. The van der Waals surface area contributed by atoms with Crippen LogP contribution in [0.4, 0.5) is 17.3 Å². The summed E-state index contributed by atoms with van der Waals surface area (Å²) in [5.74, 6) is 2.65. The molecule has 21 heavy (non-hydrogen) atoms. The Balaban J connectivity index is 2.23. The fraction of sp³-hybridized carbons (Fsp3) is 0.412. The molecule has 2 aromatic rings. The zero-order valence-electron chi connectivity index (χ0n) is 13.1. The second kappa shape index (κ2) is 7.62. The molecule has 0 bridgehead atoms. The molecule has 4 heteroatoms.